The number of halogens is 3. The normalized spacial score (nSPS) is 14.9. The Labute approximate surface area is 134 Å². The lowest BCUT2D eigenvalue weighted by Crippen LogP contribution is -2.16. The lowest BCUT2D eigenvalue weighted by atomic mass is 10.0. The van der Waals surface area contributed by atoms with Gasteiger partial charge in [-0.15, -0.1) is 0 Å². The van der Waals surface area contributed by atoms with E-state index in [9.17, 15) is 9.50 Å². The van der Waals surface area contributed by atoms with Gasteiger partial charge in [0.2, 0.25) is 0 Å². The average Bonchev–Trinajstić information content (AvgIpc) is 2.48. The smallest absolute Gasteiger partial charge is 0.162 e. The lowest BCUT2D eigenvalue weighted by molar-refractivity contribution is 0.169. The summed E-state index contributed by atoms with van der Waals surface area (Å²) >= 11 is 9.23. The Morgan fingerprint density at radius 1 is 1.10 bits per heavy atom. The van der Waals surface area contributed by atoms with Crippen molar-refractivity contribution >= 4 is 27.5 Å². The minimum absolute atomic E-state index is 0.111. The van der Waals surface area contributed by atoms with Crippen LogP contribution < -0.4 is 9.47 Å². The maximum atomic E-state index is 13.9. The van der Waals surface area contributed by atoms with Crippen molar-refractivity contribution < 1.29 is 19.0 Å². The number of aliphatic hydroxyl groups is 1. The first-order chi connectivity index (χ1) is 10.1. The van der Waals surface area contributed by atoms with Gasteiger partial charge < -0.3 is 14.6 Å². The van der Waals surface area contributed by atoms with Crippen molar-refractivity contribution in [1.29, 1.82) is 0 Å². The first-order valence-corrected chi connectivity index (χ1v) is 7.45. The molecule has 3 rings (SSSR count). The van der Waals surface area contributed by atoms with E-state index in [1.807, 2.05) is 0 Å². The van der Waals surface area contributed by atoms with Crippen LogP contribution in [0, 0.1) is 5.82 Å². The largest absolute Gasteiger partial charge is 0.486 e. The molecule has 0 saturated carbocycles. The van der Waals surface area contributed by atoms with Crippen LogP contribution in [0.4, 0.5) is 4.39 Å². The highest BCUT2D eigenvalue weighted by atomic mass is 79.9. The maximum Gasteiger partial charge on any atom is 0.162 e. The number of hydrogen-bond donors (Lipinski definition) is 1. The molecule has 0 saturated heterocycles. The second-order valence-corrected chi connectivity index (χ2v) is 5.88. The van der Waals surface area contributed by atoms with Gasteiger partial charge in [0.1, 0.15) is 25.1 Å². The van der Waals surface area contributed by atoms with Crippen molar-refractivity contribution in [1.82, 2.24) is 0 Å². The number of fused-ring (bicyclic) bond motifs is 1. The molecule has 1 unspecified atom stereocenters. The molecular formula is C15H11BrClFO3. The summed E-state index contributed by atoms with van der Waals surface area (Å²) in [7, 11) is 0. The minimum atomic E-state index is -1.16. The van der Waals surface area contributed by atoms with Crippen LogP contribution >= 0.6 is 27.5 Å². The molecule has 6 heteroatoms. The fourth-order valence-electron chi connectivity index (χ4n) is 2.18. The van der Waals surface area contributed by atoms with Crippen LogP contribution in [0.2, 0.25) is 5.02 Å². The van der Waals surface area contributed by atoms with E-state index < -0.39 is 11.9 Å². The molecule has 0 aliphatic carbocycles. The van der Waals surface area contributed by atoms with Gasteiger partial charge in [-0.2, -0.15) is 0 Å². The molecule has 0 fully saturated rings. The van der Waals surface area contributed by atoms with Gasteiger partial charge in [-0.1, -0.05) is 27.5 Å². The molecule has 1 atom stereocenters. The molecule has 0 radical (unpaired) electrons. The zero-order valence-electron chi connectivity index (χ0n) is 10.8. The molecular weight excluding hydrogens is 363 g/mol. The quantitative estimate of drug-likeness (QED) is 0.861. The van der Waals surface area contributed by atoms with E-state index in [2.05, 4.69) is 15.9 Å². The number of rotatable bonds is 2. The summed E-state index contributed by atoms with van der Waals surface area (Å²) in [6, 6.07) is 7.42. The molecule has 0 amide bonds. The Kier molecular flexibility index (Phi) is 4.06. The predicted molar refractivity (Wildman–Crippen MR) is 80.6 cm³/mol. The molecule has 0 aromatic heterocycles. The standard InChI is InChI=1S/C15H11BrClFO3/c16-11-7-14-13(20-3-4-21-14)6-9(11)15(19)10-5-8(17)1-2-12(10)18/h1-2,5-7,15,19H,3-4H2. The van der Waals surface area contributed by atoms with E-state index in [0.29, 0.717) is 39.8 Å². The molecule has 1 heterocycles. The molecule has 0 spiro atoms. The van der Waals surface area contributed by atoms with Crippen LogP contribution in [0.15, 0.2) is 34.8 Å². The Bertz CT molecular complexity index is 693. The van der Waals surface area contributed by atoms with E-state index in [4.69, 9.17) is 21.1 Å². The summed E-state index contributed by atoms with van der Waals surface area (Å²) in [6.45, 7) is 0.917. The third-order valence-corrected chi connectivity index (χ3v) is 4.13. The van der Waals surface area contributed by atoms with Crippen molar-refractivity contribution in [2.45, 2.75) is 6.10 Å². The minimum Gasteiger partial charge on any atom is -0.486 e. The highest BCUT2D eigenvalue weighted by Crippen LogP contribution is 2.40. The zero-order valence-corrected chi connectivity index (χ0v) is 13.1. The fraction of sp³-hybridized carbons (Fsp3) is 0.200. The summed E-state index contributed by atoms with van der Waals surface area (Å²) in [4.78, 5) is 0. The second-order valence-electron chi connectivity index (χ2n) is 4.59. The summed E-state index contributed by atoms with van der Waals surface area (Å²) in [5.41, 5.74) is 0.597. The molecule has 1 N–H and O–H groups in total. The van der Waals surface area contributed by atoms with Gasteiger partial charge in [0.25, 0.3) is 0 Å². The number of aliphatic hydroxyl groups excluding tert-OH is 1. The first kappa shape index (κ1) is 14.6. The van der Waals surface area contributed by atoms with Gasteiger partial charge in [0.15, 0.2) is 11.5 Å². The van der Waals surface area contributed by atoms with Crippen LogP contribution in [0.25, 0.3) is 0 Å². The third-order valence-electron chi connectivity index (χ3n) is 3.21. The van der Waals surface area contributed by atoms with Crippen molar-refractivity contribution in [2.24, 2.45) is 0 Å². The van der Waals surface area contributed by atoms with Gasteiger partial charge >= 0.3 is 0 Å². The lowest BCUT2D eigenvalue weighted by Gasteiger charge is -2.22. The molecule has 2 aromatic rings. The summed E-state index contributed by atoms with van der Waals surface area (Å²) in [5, 5.41) is 10.8. The number of benzene rings is 2. The highest BCUT2D eigenvalue weighted by Gasteiger charge is 2.22. The number of ether oxygens (including phenoxy) is 2. The molecule has 21 heavy (non-hydrogen) atoms. The van der Waals surface area contributed by atoms with Gasteiger partial charge in [-0.05, 0) is 30.3 Å². The second kappa shape index (κ2) is 5.83. The average molecular weight is 374 g/mol. The van der Waals surface area contributed by atoms with Crippen molar-refractivity contribution in [3.8, 4) is 11.5 Å². The molecule has 1 aliphatic heterocycles. The predicted octanol–water partition coefficient (Wildman–Crippen LogP) is 4.09. The van der Waals surface area contributed by atoms with Crippen LogP contribution in [-0.4, -0.2) is 18.3 Å². The van der Waals surface area contributed by atoms with Crippen LogP contribution in [-0.2, 0) is 0 Å². The summed E-state index contributed by atoms with van der Waals surface area (Å²) in [5.74, 6) is 0.602. The van der Waals surface area contributed by atoms with E-state index >= 15 is 0 Å². The van der Waals surface area contributed by atoms with Crippen molar-refractivity contribution in [3.05, 3.63) is 56.8 Å². The van der Waals surface area contributed by atoms with E-state index in [0.717, 1.165) is 0 Å². The Morgan fingerprint density at radius 2 is 1.76 bits per heavy atom. The highest BCUT2D eigenvalue weighted by molar-refractivity contribution is 9.10. The van der Waals surface area contributed by atoms with Crippen LogP contribution in [0.1, 0.15) is 17.2 Å². The SMILES string of the molecule is OC(c1cc(Cl)ccc1F)c1cc2c(cc1Br)OCCO2. The van der Waals surface area contributed by atoms with Crippen molar-refractivity contribution in [3.63, 3.8) is 0 Å². The topological polar surface area (TPSA) is 38.7 Å². The van der Waals surface area contributed by atoms with Gasteiger partial charge in [0, 0.05) is 20.6 Å². The molecule has 0 bridgehead atoms. The van der Waals surface area contributed by atoms with Gasteiger partial charge in [-0.3, -0.25) is 0 Å². The zero-order chi connectivity index (χ0) is 15.0. The molecule has 110 valence electrons. The summed E-state index contributed by atoms with van der Waals surface area (Å²) in [6.07, 6.45) is -1.16. The monoisotopic (exact) mass is 372 g/mol. The first-order valence-electron chi connectivity index (χ1n) is 6.28. The fourth-order valence-corrected chi connectivity index (χ4v) is 2.90. The molecule has 3 nitrogen and oxygen atoms in total. The molecule has 2 aromatic carbocycles. The van der Waals surface area contributed by atoms with Crippen LogP contribution in [0.3, 0.4) is 0 Å². The Balaban J connectivity index is 2.05. The Morgan fingerprint density at radius 3 is 2.48 bits per heavy atom. The maximum absolute atomic E-state index is 13.9. The van der Waals surface area contributed by atoms with Gasteiger partial charge in [-0.25, -0.2) is 4.39 Å². The third kappa shape index (κ3) is 2.86. The Hall–Kier alpha value is -1.30. The number of hydrogen-bond acceptors (Lipinski definition) is 3. The summed E-state index contributed by atoms with van der Waals surface area (Å²) < 4.78 is 25.4. The van der Waals surface area contributed by atoms with E-state index in [1.54, 1.807) is 12.1 Å². The molecule has 1 aliphatic rings. The van der Waals surface area contributed by atoms with E-state index in [1.165, 1.54) is 18.2 Å². The van der Waals surface area contributed by atoms with E-state index in [-0.39, 0.29) is 5.56 Å². The van der Waals surface area contributed by atoms with Crippen LogP contribution in [0.5, 0.6) is 11.5 Å². The van der Waals surface area contributed by atoms with Gasteiger partial charge in [0.05, 0.1) is 0 Å². The van der Waals surface area contributed by atoms with Crippen molar-refractivity contribution in [2.75, 3.05) is 13.2 Å².